The molecule has 0 amide bonds. The lowest BCUT2D eigenvalue weighted by Crippen LogP contribution is -1.97. The van der Waals surface area contributed by atoms with Gasteiger partial charge in [-0.2, -0.15) is 14.9 Å². The van der Waals surface area contributed by atoms with Crippen molar-refractivity contribution in [1.29, 1.82) is 0 Å². The first-order valence-corrected chi connectivity index (χ1v) is 8.52. The summed E-state index contributed by atoms with van der Waals surface area (Å²) in [4.78, 5) is 0. The SMILES string of the molecule is COc1ccc(-c2n[nH]c(=S)n2N=Cc2cc(Br)ccc2OC)cc1. The van der Waals surface area contributed by atoms with Crippen molar-refractivity contribution in [3.8, 4) is 22.9 Å². The Bertz CT molecular complexity index is 964. The van der Waals surface area contributed by atoms with Crippen molar-refractivity contribution >= 4 is 34.4 Å². The van der Waals surface area contributed by atoms with Gasteiger partial charge in [-0.15, -0.1) is 0 Å². The number of nitrogens with one attached hydrogen (secondary N) is 1. The van der Waals surface area contributed by atoms with Gasteiger partial charge in [0.25, 0.3) is 0 Å². The molecule has 1 heterocycles. The van der Waals surface area contributed by atoms with E-state index >= 15 is 0 Å². The Kier molecular flexibility index (Phi) is 5.30. The van der Waals surface area contributed by atoms with Crippen molar-refractivity contribution in [3.63, 3.8) is 0 Å². The summed E-state index contributed by atoms with van der Waals surface area (Å²) in [5.74, 6) is 2.10. The molecule has 0 fully saturated rings. The van der Waals surface area contributed by atoms with Gasteiger partial charge in [-0.3, -0.25) is 0 Å². The highest BCUT2D eigenvalue weighted by atomic mass is 79.9. The van der Waals surface area contributed by atoms with Crippen molar-refractivity contribution in [3.05, 3.63) is 57.3 Å². The van der Waals surface area contributed by atoms with E-state index in [9.17, 15) is 0 Å². The predicted molar refractivity (Wildman–Crippen MR) is 103 cm³/mol. The molecule has 3 aromatic rings. The summed E-state index contributed by atoms with van der Waals surface area (Å²) < 4.78 is 13.4. The minimum atomic E-state index is 0.399. The Balaban J connectivity index is 2.00. The van der Waals surface area contributed by atoms with E-state index in [1.807, 2.05) is 42.5 Å². The van der Waals surface area contributed by atoms with Crippen molar-refractivity contribution in [1.82, 2.24) is 14.9 Å². The fourth-order valence-corrected chi connectivity index (χ4v) is 2.81. The third kappa shape index (κ3) is 3.80. The maximum atomic E-state index is 5.36. The number of nitrogens with zero attached hydrogens (tertiary/aromatic N) is 3. The Morgan fingerprint density at radius 1 is 1.16 bits per heavy atom. The first-order chi connectivity index (χ1) is 12.1. The van der Waals surface area contributed by atoms with E-state index < -0.39 is 0 Å². The Morgan fingerprint density at radius 2 is 1.92 bits per heavy atom. The number of aromatic amines is 1. The maximum Gasteiger partial charge on any atom is 0.216 e. The van der Waals surface area contributed by atoms with Crippen LogP contribution in [0.4, 0.5) is 0 Å². The lowest BCUT2D eigenvalue weighted by atomic mass is 10.2. The number of benzene rings is 2. The number of methoxy groups -OCH3 is 2. The van der Waals surface area contributed by atoms with Gasteiger partial charge in [-0.05, 0) is 54.7 Å². The third-order valence-electron chi connectivity index (χ3n) is 3.50. The molecule has 1 N–H and O–H groups in total. The minimum Gasteiger partial charge on any atom is -0.497 e. The van der Waals surface area contributed by atoms with E-state index in [4.69, 9.17) is 21.7 Å². The Morgan fingerprint density at radius 3 is 2.60 bits per heavy atom. The van der Waals surface area contributed by atoms with E-state index in [0.29, 0.717) is 16.3 Å². The summed E-state index contributed by atoms with van der Waals surface area (Å²) in [5, 5.41) is 11.5. The summed E-state index contributed by atoms with van der Waals surface area (Å²) in [7, 11) is 3.24. The second-order valence-electron chi connectivity index (χ2n) is 5.02. The van der Waals surface area contributed by atoms with Gasteiger partial charge in [-0.25, -0.2) is 5.10 Å². The molecule has 0 radical (unpaired) electrons. The predicted octanol–water partition coefficient (Wildman–Crippen LogP) is 4.27. The van der Waals surface area contributed by atoms with E-state index in [-0.39, 0.29) is 0 Å². The van der Waals surface area contributed by atoms with Gasteiger partial charge in [0, 0.05) is 15.6 Å². The molecule has 0 aliphatic heterocycles. The summed E-state index contributed by atoms with van der Waals surface area (Å²) in [6.45, 7) is 0. The van der Waals surface area contributed by atoms with Crippen LogP contribution in [0.25, 0.3) is 11.4 Å². The Hall–Kier alpha value is -2.45. The molecule has 6 nitrogen and oxygen atoms in total. The lowest BCUT2D eigenvalue weighted by molar-refractivity contribution is 0.414. The van der Waals surface area contributed by atoms with Gasteiger partial charge in [0.15, 0.2) is 5.82 Å². The molecule has 0 unspecified atom stereocenters. The second-order valence-corrected chi connectivity index (χ2v) is 6.33. The van der Waals surface area contributed by atoms with Crippen LogP contribution in [0.3, 0.4) is 0 Å². The van der Waals surface area contributed by atoms with Gasteiger partial charge in [0.1, 0.15) is 11.5 Å². The molecular formula is C17H15BrN4O2S. The van der Waals surface area contributed by atoms with E-state index in [1.165, 1.54) is 0 Å². The summed E-state index contributed by atoms with van der Waals surface area (Å²) in [6.07, 6.45) is 1.68. The van der Waals surface area contributed by atoms with Crippen LogP contribution >= 0.6 is 28.1 Å². The highest BCUT2D eigenvalue weighted by Crippen LogP contribution is 2.23. The zero-order chi connectivity index (χ0) is 17.8. The molecule has 0 saturated carbocycles. The molecule has 0 aliphatic carbocycles. The van der Waals surface area contributed by atoms with E-state index in [0.717, 1.165) is 21.3 Å². The quantitative estimate of drug-likeness (QED) is 0.496. The molecule has 0 aliphatic rings. The molecule has 2 aromatic carbocycles. The molecule has 0 saturated heterocycles. The largest absolute Gasteiger partial charge is 0.497 e. The van der Waals surface area contributed by atoms with Gasteiger partial charge < -0.3 is 9.47 Å². The number of aromatic nitrogens is 3. The van der Waals surface area contributed by atoms with Crippen LogP contribution < -0.4 is 9.47 Å². The van der Waals surface area contributed by atoms with Crippen LogP contribution in [0.15, 0.2) is 52.0 Å². The number of ether oxygens (including phenoxy) is 2. The van der Waals surface area contributed by atoms with Crippen molar-refractivity contribution in [2.45, 2.75) is 0 Å². The number of hydrogen-bond acceptors (Lipinski definition) is 5. The molecular weight excluding hydrogens is 404 g/mol. The molecule has 25 heavy (non-hydrogen) atoms. The van der Waals surface area contributed by atoms with Crippen LogP contribution in [-0.4, -0.2) is 35.3 Å². The lowest BCUT2D eigenvalue weighted by Gasteiger charge is -2.05. The zero-order valence-electron chi connectivity index (χ0n) is 13.6. The molecule has 3 rings (SSSR count). The van der Waals surface area contributed by atoms with Gasteiger partial charge >= 0.3 is 0 Å². The zero-order valence-corrected chi connectivity index (χ0v) is 16.0. The smallest absolute Gasteiger partial charge is 0.216 e. The van der Waals surface area contributed by atoms with E-state index in [2.05, 4.69) is 31.2 Å². The first kappa shape index (κ1) is 17.4. The van der Waals surface area contributed by atoms with Gasteiger partial charge in [-0.1, -0.05) is 15.9 Å². The fraction of sp³-hybridized carbons (Fsp3) is 0.118. The molecule has 8 heteroatoms. The normalized spacial score (nSPS) is 11.0. The summed E-state index contributed by atoms with van der Waals surface area (Å²) >= 11 is 8.74. The van der Waals surface area contributed by atoms with Crippen molar-refractivity contribution < 1.29 is 9.47 Å². The molecule has 0 bridgehead atoms. The van der Waals surface area contributed by atoms with Gasteiger partial charge in [0.05, 0.1) is 20.4 Å². The average Bonchev–Trinajstić information content (AvgIpc) is 3.00. The van der Waals surface area contributed by atoms with Crippen LogP contribution in [0.1, 0.15) is 5.56 Å². The fourth-order valence-electron chi connectivity index (χ4n) is 2.25. The van der Waals surface area contributed by atoms with Crippen LogP contribution in [-0.2, 0) is 0 Å². The minimum absolute atomic E-state index is 0.399. The van der Waals surface area contributed by atoms with E-state index in [1.54, 1.807) is 25.1 Å². The molecule has 128 valence electrons. The van der Waals surface area contributed by atoms with Crippen LogP contribution in [0.2, 0.25) is 0 Å². The Labute approximate surface area is 158 Å². The molecule has 0 atom stereocenters. The van der Waals surface area contributed by atoms with Crippen molar-refractivity contribution in [2.24, 2.45) is 5.10 Å². The second kappa shape index (κ2) is 7.62. The number of halogens is 1. The number of H-pyrrole nitrogens is 1. The highest BCUT2D eigenvalue weighted by Gasteiger charge is 2.09. The molecule has 0 spiro atoms. The van der Waals surface area contributed by atoms with Crippen LogP contribution in [0, 0.1) is 4.77 Å². The van der Waals surface area contributed by atoms with Crippen molar-refractivity contribution in [2.75, 3.05) is 14.2 Å². The monoisotopic (exact) mass is 418 g/mol. The topological polar surface area (TPSA) is 64.4 Å². The summed E-state index contributed by atoms with van der Waals surface area (Å²) in [6, 6.07) is 13.2. The average molecular weight is 419 g/mol. The van der Waals surface area contributed by atoms with Gasteiger partial charge in [0.2, 0.25) is 4.77 Å². The molecule has 1 aromatic heterocycles. The number of hydrogen-bond donors (Lipinski definition) is 1. The standard InChI is InChI=1S/C17H15BrN4O2S/c1-23-14-6-3-11(4-7-14)16-20-21-17(25)22(16)19-10-12-9-13(18)5-8-15(12)24-2/h3-10H,1-2H3,(H,21,25). The number of rotatable bonds is 5. The first-order valence-electron chi connectivity index (χ1n) is 7.32. The summed E-state index contributed by atoms with van der Waals surface area (Å²) in [5.41, 5.74) is 1.69. The maximum absolute atomic E-state index is 5.36. The van der Waals surface area contributed by atoms with Crippen LogP contribution in [0.5, 0.6) is 11.5 Å². The third-order valence-corrected chi connectivity index (χ3v) is 4.26. The highest BCUT2D eigenvalue weighted by molar-refractivity contribution is 9.10.